The molecule has 0 spiro atoms. The van der Waals surface area contributed by atoms with Crippen molar-refractivity contribution in [2.75, 3.05) is 6.61 Å². The third-order valence-electron chi connectivity index (χ3n) is 4.01. The highest BCUT2D eigenvalue weighted by atomic mass is 35.5. The number of aryl methyl sites for hydroxylation is 1. The normalized spacial score (nSPS) is 13.2. The first-order chi connectivity index (χ1) is 11.7. The van der Waals surface area contributed by atoms with E-state index < -0.39 is 0 Å². The number of benzene rings is 1. The Labute approximate surface area is 145 Å². The molecular weight excluding hydrogens is 322 g/mol. The molecule has 0 atom stereocenters. The van der Waals surface area contributed by atoms with Gasteiger partial charge >= 0.3 is 0 Å². The zero-order valence-corrected chi connectivity index (χ0v) is 14.0. The molecule has 0 saturated carbocycles. The van der Waals surface area contributed by atoms with Gasteiger partial charge in [0.25, 0.3) is 0 Å². The Bertz CT molecular complexity index is 894. The number of halogens is 1. The molecule has 0 fully saturated rings. The standard InChI is InChI=1S/C19H16ClN3O/c1-12-4-2-6-16(21-12)18-22-17(13-7-9-14(20)10-8-13)15-5-3-11-24-19(15)23-18/h2,4,6-10H,3,5,11H2,1H3. The summed E-state index contributed by atoms with van der Waals surface area (Å²) >= 11 is 6.02. The number of nitrogens with zero attached hydrogens (tertiary/aromatic N) is 3. The molecule has 3 aromatic rings. The summed E-state index contributed by atoms with van der Waals surface area (Å²) in [6.07, 6.45) is 1.88. The van der Waals surface area contributed by atoms with Gasteiger partial charge in [-0.2, -0.15) is 4.98 Å². The fraction of sp³-hybridized carbons (Fsp3) is 0.211. The van der Waals surface area contributed by atoms with E-state index in [1.807, 2.05) is 49.4 Å². The molecule has 0 unspecified atom stereocenters. The summed E-state index contributed by atoms with van der Waals surface area (Å²) in [5.74, 6) is 1.25. The van der Waals surface area contributed by atoms with Crippen LogP contribution in [0.15, 0.2) is 42.5 Å². The van der Waals surface area contributed by atoms with Crippen LogP contribution in [0.25, 0.3) is 22.8 Å². The second-order valence-electron chi connectivity index (χ2n) is 5.80. The van der Waals surface area contributed by atoms with Crippen molar-refractivity contribution >= 4 is 11.6 Å². The van der Waals surface area contributed by atoms with Gasteiger partial charge in [-0.05, 0) is 44.0 Å². The van der Waals surface area contributed by atoms with Crippen LogP contribution in [0.4, 0.5) is 0 Å². The van der Waals surface area contributed by atoms with E-state index in [9.17, 15) is 0 Å². The molecule has 120 valence electrons. The maximum absolute atomic E-state index is 6.02. The second kappa shape index (κ2) is 6.21. The molecule has 0 N–H and O–H groups in total. The largest absolute Gasteiger partial charge is 0.477 e. The Morgan fingerprint density at radius 2 is 1.83 bits per heavy atom. The van der Waals surface area contributed by atoms with Gasteiger partial charge in [0.2, 0.25) is 5.88 Å². The molecule has 5 heteroatoms. The smallest absolute Gasteiger partial charge is 0.220 e. The Morgan fingerprint density at radius 1 is 1.00 bits per heavy atom. The maximum atomic E-state index is 6.02. The predicted molar refractivity (Wildman–Crippen MR) is 94.3 cm³/mol. The number of hydrogen-bond donors (Lipinski definition) is 0. The average molecular weight is 338 g/mol. The van der Waals surface area contributed by atoms with E-state index in [1.54, 1.807) is 0 Å². The summed E-state index contributed by atoms with van der Waals surface area (Å²) in [6, 6.07) is 13.5. The number of aromatic nitrogens is 3. The van der Waals surface area contributed by atoms with Gasteiger partial charge in [-0.1, -0.05) is 29.8 Å². The van der Waals surface area contributed by atoms with Crippen LogP contribution >= 0.6 is 11.6 Å². The van der Waals surface area contributed by atoms with Gasteiger partial charge in [0.1, 0.15) is 5.69 Å². The molecule has 0 amide bonds. The average Bonchev–Trinajstić information content (AvgIpc) is 2.61. The Kier molecular flexibility index (Phi) is 3.90. The van der Waals surface area contributed by atoms with Gasteiger partial charge in [-0.15, -0.1) is 0 Å². The third-order valence-corrected chi connectivity index (χ3v) is 4.27. The lowest BCUT2D eigenvalue weighted by Gasteiger charge is -2.19. The molecule has 0 saturated heterocycles. The van der Waals surface area contributed by atoms with Gasteiger partial charge in [0, 0.05) is 21.8 Å². The van der Waals surface area contributed by atoms with Gasteiger partial charge in [0.05, 0.1) is 12.3 Å². The first-order valence-corrected chi connectivity index (χ1v) is 8.32. The van der Waals surface area contributed by atoms with Crippen molar-refractivity contribution in [2.24, 2.45) is 0 Å². The molecule has 0 bridgehead atoms. The van der Waals surface area contributed by atoms with Crippen molar-refractivity contribution in [2.45, 2.75) is 19.8 Å². The fourth-order valence-electron chi connectivity index (χ4n) is 2.85. The minimum atomic E-state index is 0.587. The van der Waals surface area contributed by atoms with Crippen LogP contribution in [0.2, 0.25) is 5.02 Å². The molecule has 1 aliphatic heterocycles. The number of rotatable bonds is 2. The van der Waals surface area contributed by atoms with Gasteiger partial charge in [0.15, 0.2) is 5.82 Å². The number of hydrogen-bond acceptors (Lipinski definition) is 4. The predicted octanol–water partition coefficient (Wildman–Crippen LogP) is 4.49. The topological polar surface area (TPSA) is 47.9 Å². The lowest BCUT2D eigenvalue weighted by atomic mass is 10.0. The molecule has 4 nitrogen and oxygen atoms in total. The molecule has 1 aromatic carbocycles. The van der Waals surface area contributed by atoms with E-state index in [1.165, 1.54) is 0 Å². The van der Waals surface area contributed by atoms with Crippen molar-refractivity contribution in [3.8, 4) is 28.7 Å². The van der Waals surface area contributed by atoms with E-state index in [0.717, 1.165) is 41.1 Å². The molecule has 0 aliphatic carbocycles. The van der Waals surface area contributed by atoms with Crippen LogP contribution in [0, 0.1) is 6.92 Å². The van der Waals surface area contributed by atoms with Gasteiger partial charge < -0.3 is 4.74 Å². The molecule has 4 rings (SSSR count). The summed E-state index contributed by atoms with van der Waals surface area (Å²) in [5.41, 5.74) is 4.65. The minimum absolute atomic E-state index is 0.587. The van der Waals surface area contributed by atoms with Crippen LogP contribution in [-0.4, -0.2) is 21.6 Å². The van der Waals surface area contributed by atoms with Crippen LogP contribution in [-0.2, 0) is 6.42 Å². The SMILES string of the molecule is Cc1cccc(-c2nc3c(c(-c4ccc(Cl)cc4)n2)CCCO3)n1. The second-order valence-corrected chi connectivity index (χ2v) is 6.24. The highest BCUT2D eigenvalue weighted by molar-refractivity contribution is 6.30. The van der Waals surface area contributed by atoms with Gasteiger partial charge in [-0.25, -0.2) is 9.97 Å². The minimum Gasteiger partial charge on any atom is -0.477 e. The van der Waals surface area contributed by atoms with Gasteiger partial charge in [-0.3, -0.25) is 0 Å². The molecule has 1 aliphatic rings. The molecule has 0 radical (unpaired) electrons. The molecule has 2 aromatic heterocycles. The van der Waals surface area contributed by atoms with E-state index in [2.05, 4.69) is 9.97 Å². The summed E-state index contributed by atoms with van der Waals surface area (Å²) in [7, 11) is 0. The van der Waals surface area contributed by atoms with Crippen molar-refractivity contribution in [3.63, 3.8) is 0 Å². The van der Waals surface area contributed by atoms with Crippen molar-refractivity contribution in [1.82, 2.24) is 15.0 Å². The highest BCUT2D eigenvalue weighted by Crippen LogP contribution is 2.34. The maximum Gasteiger partial charge on any atom is 0.220 e. The fourth-order valence-corrected chi connectivity index (χ4v) is 2.98. The Balaban J connectivity index is 1.91. The molecule has 3 heterocycles. The summed E-state index contributed by atoms with van der Waals surface area (Å²) in [4.78, 5) is 13.9. The summed E-state index contributed by atoms with van der Waals surface area (Å²) in [5, 5.41) is 0.707. The summed E-state index contributed by atoms with van der Waals surface area (Å²) < 4.78 is 5.80. The van der Waals surface area contributed by atoms with E-state index in [0.29, 0.717) is 23.3 Å². The van der Waals surface area contributed by atoms with Crippen LogP contribution in [0.3, 0.4) is 0 Å². The van der Waals surface area contributed by atoms with Crippen molar-refractivity contribution < 1.29 is 4.74 Å². The van der Waals surface area contributed by atoms with Crippen LogP contribution in [0.5, 0.6) is 5.88 Å². The van der Waals surface area contributed by atoms with E-state index in [-0.39, 0.29) is 0 Å². The van der Waals surface area contributed by atoms with E-state index >= 15 is 0 Å². The van der Waals surface area contributed by atoms with E-state index in [4.69, 9.17) is 21.3 Å². The quantitative estimate of drug-likeness (QED) is 0.691. The molecule has 24 heavy (non-hydrogen) atoms. The van der Waals surface area contributed by atoms with Crippen molar-refractivity contribution in [3.05, 3.63) is 58.7 Å². The Morgan fingerprint density at radius 3 is 2.62 bits per heavy atom. The van der Waals surface area contributed by atoms with Crippen molar-refractivity contribution in [1.29, 1.82) is 0 Å². The monoisotopic (exact) mass is 337 g/mol. The Hall–Kier alpha value is -2.46. The lowest BCUT2D eigenvalue weighted by molar-refractivity contribution is 0.276. The summed E-state index contributed by atoms with van der Waals surface area (Å²) in [6.45, 7) is 2.64. The van der Waals surface area contributed by atoms with Crippen LogP contribution < -0.4 is 4.74 Å². The number of fused-ring (bicyclic) bond motifs is 1. The zero-order chi connectivity index (χ0) is 16.5. The highest BCUT2D eigenvalue weighted by Gasteiger charge is 2.21. The molecular formula is C19H16ClN3O. The first kappa shape index (κ1) is 15.1. The number of ether oxygens (including phenoxy) is 1. The van der Waals surface area contributed by atoms with Crippen LogP contribution in [0.1, 0.15) is 17.7 Å². The zero-order valence-electron chi connectivity index (χ0n) is 13.3. The lowest BCUT2D eigenvalue weighted by Crippen LogP contribution is -2.13. The first-order valence-electron chi connectivity index (χ1n) is 7.94. The number of pyridine rings is 1. The third kappa shape index (κ3) is 2.85.